The fraction of sp³-hybridized carbons (Fsp3) is 0.571. The van der Waals surface area contributed by atoms with Gasteiger partial charge in [-0.2, -0.15) is 0 Å². The van der Waals surface area contributed by atoms with Gasteiger partial charge in [-0.3, -0.25) is 4.90 Å². The first-order valence-corrected chi connectivity index (χ1v) is 6.45. The van der Waals surface area contributed by atoms with E-state index < -0.39 is 5.60 Å². The minimum atomic E-state index is -0.580. The number of hydrogen-bond donors (Lipinski definition) is 2. The maximum Gasteiger partial charge on any atom is 0.150 e. The molecule has 0 spiro atoms. The number of anilines is 1. The highest BCUT2D eigenvalue weighted by Crippen LogP contribution is 2.23. The third-order valence-corrected chi connectivity index (χ3v) is 3.66. The lowest BCUT2D eigenvalue weighted by molar-refractivity contribution is 0.0444. The van der Waals surface area contributed by atoms with E-state index in [1.807, 2.05) is 6.92 Å². The van der Waals surface area contributed by atoms with Crippen LogP contribution in [0.5, 0.6) is 0 Å². The zero-order valence-corrected chi connectivity index (χ0v) is 10.8. The topological polar surface area (TPSA) is 49.5 Å². The standard InChI is InChI=1S/C14H21FN2O/c1-14(18)6-3-8-17(9-7-14)10-11-4-2-5-12(16)13(11)15/h2,4-5,18H,3,6-10,16H2,1H3. The molecule has 0 aromatic heterocycles. The first kappa shape index (κ1) is 13.3. The van der Waals surface area contributed by atoms with Crippen LogP contribution in [0.15, 0.2) is 18.2 Å². The number of nitrogens with zero attached hydrogens (tertiary/aromatic N) is 1. The van der Waals surface area contributed by atoms with Crippen LogP contribution in [0.1, 0.15) is 31.7 Å². The van der Waals surface area contributed by atoms with Crippen molar-refractivity contribution >= 4 is 5.69 Å². The predicted octanol–water partition coefficient (Wildman–Crippen LogP) is 2.14. The maximum atomic E-state index is 13.8. The van der Waals surface area contributed by atoms with Crippen LogP contribution in [0, 0.1) is 5.82 Å². The molecule has 0 bridgehead atoms. The molecule has 1 heterocycles. The number of aliphatic hydroxyl groups is 1. The van der Waals surface area contributed by atoms with Gasteiger partial charge in [0.1, 0.15) is 0 Å². The number of rotatable bonds is 2. The third kappa shape index (κ3) is 3.21. The summed E-state index contributed by atoms with van der Waals surface area (Å²) >= 11 is 0. The van der Waals surface area contributed by atoms with Crippen LogP contribution >= 0.6 is 0 Å². The van der Waals surface area contributed by atoms with Gasteiger partial charge in [0, 0.05) is 18.7 Å². The molecule has 18 heavy (non-hydrogen) atoms. The molecule has 1 atom stereocenters. The quantitative estimate of drug-likeness (QED) is 0.793. The van der Waals surface area contributed by atoms with Gasteiger partial charge >= 0.3 is 0 Å². The minimum absolute atomic E-state index is 0.203. The van der Waals surface area contributed by atoms with Crippen LogP contribution in [0.25, 0.3) is 0 Å². The zero-order valence-electron chi connectivity index (χ0n) is 10.8. The summed E-state index contributed by atoms with van der Waals surface area (Å²) in [4.78, 5) is 2.18. The molecular formula is C14H21FN2O. The Morgan fingerprint density at radius 3 is 2.94 bits per heavy atom. The molecule has 1 fully saturated rings. The van der Waals surface area contributed by atoms with Crippen LogP contribution < -0.4 is 5.73 Å². The van der Waals surface area contributed by atoms with Crippen molar-refractivity contribution in [3.05, 3.63) is 29.6 Å². The van der Waals surface area contributed by atoms with E-state index in [0.29, 0.717) is 12.1 Å². The summed E-state index contributed by atoms with van der Waals surface area (Å²) in [6.07, 6.45) is 2.48. The van der Waals surface area contributed by atoms with E-state index >= 15 is 0 Å². The number of nitrogen functional groups attached to an aromatic ring is 1. The average Bonchev–Trinajstić information content (AvgIpc) is 2.47. The molecular weight excluding hydrogens is 231 g/mol. The SMILES string of the molecule is CC1(O)CCCN(Cc2cccc(N)c2F)CC1. The van der Waals surface area contributed by atoms with Gasteiger partial charge in [-0.15, -0.1) is 0 Å². The Labute approximate surface area is 107 Å². The Balaban J connectivity index is 2.03. The molecule has 1 aromatic rings. The Bertz CT molecular complexity index is 420. The number of likely N-dealkylation sites (tertiary alicyclic amines) is 1. The van der Waals surface area contributed by atoms with E-state index in [4.69, 9.17) is 5.73 Å². The van der Waals surface area contributed by atoms with Crippen molar-refractivity contribution in [2.75, 3.05) is 18.8 Å². The van der Waals surface area contributed by atoms with Gasteiger partial charge in [0.15, 0.2) is 5.82 Å². The third-order valence-electron chi connectivity index (χ3n) is 3.66. The number of halogens is 1. The average molecular weight is 252 g/mol. The molecule has 0 aliphatic carbocycles. The molecule has 1 unspecified atom stereocenters. The molecule has 4 heteroatoms. The van der Waals surface area contributed by atoms with Crippen LogP contribution in [-0.4, -0.2) is 28.7 Å². The molecule has 0 radical (unpaired) electrons. The van der Waals surface area contributed by atoms with Crippen LogP contribution in [0.3, 0.4) is 0 Å². The Morgan fingerprint density at radius 1 is 1.39 bits per heavy atom. The molecule has 1 aromatic carbocycles. The summed E-state index contributed by atoms with van der Waals surface area (Å²) in [6.45, 7) is 4.12. The van der Waals surface area contributed by atoms with Gasteiger partial charge in [0.25, 0.3) is 0 Å². The lowest BCUT2D eigenvalue weighted by atomic mass is 9.98. The first-order chi connectivity index (χ1) is 8.48. The van der Waals surface area contributed by atoms with Gasteiger partial charge in [-0.1, -0.05) is 12.1 Å². The Morgan fingerprint density at radius 2 is 2.17 bits per heavy atom. The second kappa shape index (κ2) is 5.24. The van der Waals surface area contributed by atoms with E-state index in [-0.39, 0.29) is 11.5 Å². The van der Waals surface area contributed by atoms with Crippen molar-refractivity contribution in [3.8, 4) is 0 Å². The second-order valence-electron chi connectivity index (χ2n) is 5.45. The molecule has 100 valence electrons. The van der Waals surface area contributed by atoms with Crippen LogP contribution in [0.2, 0.25) is 0 Å². The normalized spacial score (nSPS) is 25.9. The van der Waals surface area contributed by atoms with Gasteiger partial charge < -0.3 is 10.8 Å². The Hall–Kier alpha value is -1.13. The van der Waals surface area contributed by atoms with E-state index in [9.17, 15) is 9.50 Å². The van der Waals surface area contributed by atoms with Gasteiger partial charge in [-0.25, -0.2) is 4.39 Å². The number of nitrogens with two attached hydrogens (primary N) is 1. The number of benzene rings is 1. The van der Waals surface area contributed by atoms with Gasteiger partial charge in [0.2, 0.25) is 0 Å². The van der Waals surface area contributed by atoms with Crippen molar-refractivity contribution in [1.82, 2.24) is 4.90 Å². The van der Waals surface area contributed by atoms with Gasteiger partial charge in [0.05, 0.1) is 11.3 Å². The Kier molecular flexibility index (Phi) is 3.88. The highest BCUT2D eigenvalue weighted by Gasteiger charge is 2.25. The molecule has 1 saturated heterocycles. The summed E-state index contributed by atoms with van der Waals surface area (Å²) in [5, 5.41) is 10.0. The van der Waals surface area contributed by atoms with Crippen molar-refractivity contribution in [3.63, 3.8) is 0 Å². The van der Waals surface area contributed by atoms with E-state index in [1.54, 1.807) is 18.2 Å². The molecule has 0 saturated carbocycles. The van der Waals surface area contributed by atoms with Crippen molar-refractivity contribution < 1.29 is 9.50 Å². The molecule has 0 amide bonds. The van der Waals surface area contributed by atoms with Crippen LogP contribution in [0.4, 0.5) is 10.1 Å². The number of hydrogen-bond acceptors (Lipinski definition) is 3. The molecule has 1 aliphatic heterocycles. The maximum absolute atomic E-state index is 13.8. The summed E-state index contributed by atoms with van der Waals surface area (Å²) in [7, 11) is 0. The second-order valence-corrected chi connectivity index (χ2v) is 5.45. The molecule has 2 rings (SSSR count). The molecule has 3 nitrogen and oxygen atoms in total. The van der Waals surface area contributed by atoms with E-state index in [1.165, 1.54) is 0 Å². The van der Waals surface area contributed by atoms with E-state index in [2.05, 4.69) is 4.90 Å². The minimum Gasteiger partial charge on any atom is -0.396 e. The highest BCUT2D eigenvalue weighted by atomic mass is 19.1. The van der Waals surface area contributed by atoms with Crippen molar-refractivity contribution in [1.29, 1.82) is 0 Å². The molecule has 3 N–H and O–H groups in total. The summed E-state index contributed by atoms with van der Waals surface area (Å²) in [5.74, 6) is -0.312. The summed E-state index contributed by atoms with van der Waals surface area (Å²) < 4.78 is 13.8. The van der Waals surface area contributed by atoms with Crippen molar-refractivity contribution in [2.24, 2.45) is 0 Å². The summed E-state index contributed by atoms with van der Waals surface area (Å²) in [5.41, 5.74) is 5.82. The zero-order chi connectivity index (χ0) is 13.2. The predicted molar refractivity (Wildman–Crippen MR) is 70.6 cm³/mol. The fourth-order valence-corrected chi connectivity index (χ4v) is 2.44. The summed E-state index contributed by atoms with van der Waals surface area (Å²) in [6, 6.07) is 5.13. The first-order valence-electron chi connectivity index (χ1n) is 6.45. The molecule has 1 aliphatic rings. The lowest BCUT2D eigenvalue weighted by Crippen LogP contribution is -2.28. The largest absolute Gasteiger partial charge is 0.396 e. The van der Waals surface area contributed by atoms with E-state index in [0.717, 1.165) is 32.4 Å². The highest BCUT2D eigenvalue weighted by molar-refractivity contribution is 5.42. The van der Waals surface area contributed by atoms with Crippen molar-refractivity contribution in [2.45, 2.75) is 38.3 Å². The van der Waals surface area contributed by atoms with Gasteiger partial charge in [-0.05, 0) is 38.8 Å². The smallest absolute Gasteiger partial charge is 0.150 e. The fourth-order valence-electron chi connectivity index (χ4n) is 2.44. The monoisotopic (exact) mass is 252 g/mol. The van der Waals surface area contributed by atoms with Crippen LogP contribution in [-0.2, 0) is 6.54 Å². The lowest BCUT2D eigenvalue weighted by Gasteiger charge is -2.22.